The van der Waals surface area contributed by atoms with Gasteiger partial charge in [-0.2, -0.15) is 0 Å². The van der Waals surface area contributed by atoms with E-state index in [-0.39, 0.29) is 31.4 Å². The van der Waals surface area contributed by atoms with Crippen LogP contribution in [0.3, 0.4) is 0 Å². The van der Waals surface area contributed by atoms with E-state index >= 15 is 0 Å². The maximum atomic E-state index is 13.7. The van der Waals surface area contributed by atoms with Crippen LogP contribution in [0.4, 0.5) is 8.78 Å². The third-order valence-electron chi connectivity index (χ3n) is 4.10. The van der Waals surface area contributed by atoms with Gasteiger partial charge in [-0.1, -0.05) is 19.9 Å². The number of nitrogens with zero attached hydrogens (tertiary/aromatic N) is 2. The number of hydrogen-bond acceptors (Lipinski definition) is 3. The molecule has 140 valence electrons. The fourth-order valence-electron chi connectivity index (χ4n) is 2.83. The highest BCUT2D eigenvalue weighted by molar-refractivity contribution is 5.95. The molecule has 1 saturated heterocycles. The summed E-state index contributed by atoms with van der Waals surface area (Å²) in [7, 11) is 0. The normalized spacial score (nSPS) is 15.8. The predicted molar refractivity (Wildman–Crippen MR) is 93.5 cm³/mol. The van der Waals surface area contributed by atoms with Gasteiger partial charge in [0.1, 0.15) is 17.2 Å². The molecule has 1 aliphatic heterocycles. The van der Waals surface area contributed by atoms with Crippen LogP contribution in [-0.2, 0) is 4.79 Å². The molecular weight excluding hydrogens is 352 g/mol. The monoisotopic (exact) mass is 375 g/mol. The van der Waals surface area contributed by atoms with E-state index in [1.54, 1.807) is 4.90 Å². The fraction of sp³-hybridized carbons (Fsp3) is 0.529. The lowest BCUT2D eigenvalue weighted by Crippen LogP contribution is -2.54. The molecule has 1 atom stereocenters. The molecule has 0 bridgehead atoms. The lowest BCUT2D eigenvalue weighted by Gasteiger charge is -2.36. The molecule has 0 radical (unpaired) electrons. The van der Waals surface area contributed by atoms with E-state index in [0.717, 1.165) is 12.1 Å². The van der Waals surface area contributed by atoms with Crippen molar-refractivity contribution in [3.05, 3.63) is 35.4 Å². The van der Waals surface area contributed by atoms with Crippen LogP contribution in [0, 0.1) is 17.6 Å². The molecule has 1 fully saturated rings. The van der Waals surface area contributed by atoms with E-state index in [1.807, 2.05) is 13.8 Å². The molecule has 5 nitrogen and oxygen atoms in total. The van der Waals surface area contributed by atoms with Crippen LogP contribution in [0.1, 0.15) is 30.6 Å². The van der Waals surface area contributed by atoms with Crippen molar-refractivity contribution in [1.82, 2.24) is 9.80 Å². The van der Waals surface area contributed by atoms with Gasteiger partial charge in [-0.25, -0.2) is 8.78 Å². The highest BCUT2D eigenvalue weighted by Crippen LogP contribution is 2.16. The minimum atomic E-state index is -0.877. The van der Waals surface area contributed by atoms with Crippen molar-refractivity contribution in [3.63, 3.8) is 0 Å². The third kappa shape index (κ3) is 5.12. The maximum absolute atomic E-state index is 13.7. The Kier molecular flexibility index (Phi) is 7.76. The van der Waals surface area contributed by atoms with Gasteiger partial charge in [-0.05, 0) is 24.5 Å². The summed E-state index contributed by atoms with van der Waals surface area (Å²) in [5, 5.41) is 0. The molecule has 1 aliphatic rings. The lowest BCUT2D eigenvalue weighted by atomic mass is 10.0. The van der Waals surface area contributed by atoms with Gasteiger partial charge < -0.3 is 15.5 Å². The minimum Gasteiger partial charge on any atom is -0.338 e. The van der Waals surface area contributed by atoms with Gasteiger partial charge in [-0.15, -0.1) is 12.4 Å². The Bertz CT molecular complexity index is 600. The zero-order chi connectivity index (χ0) is 17.9. The Balaban J connectivity index is 0.00000312. The van der Waals surface area contributed by atoms with Crippen LogP contribution >= 0.6 is 12.4 Å². The van der Waals surface area contributed by atoms with Crippen LogP contribution < -0.4 is 5.73 Å². The van der Waals surface area contributed by atoms with Crippen molar-refractivity contribution in [2.75, 3.05) is 26.2 Å². The van der Waals surface area contributed by atoms with Gasteiger partial charge >= 0.3 is 0 Å². The number of nitrogens with two attached hydrogens (primary N) is 1. The Hall–Kier alpha value is -1.73. The Morgan fingerprint density at radius 1 is 1.08 bits per heavy atom. The van der Waals surface area contributed by atoms with E-state index in [0.29, 0.717) is 25.4 Å². The average molecular weight is 376 g/mol. The van der Waals surface area contributed by atoms with Gasteiger partial charge in [0.25, 0.3) is 5.91 Å². The second kappa shape index (κ2) is 9.10. The summed E-state index contributed by atoms with van der Waals surface area (Å²) in [5.41, 5.74) is 5.36. The summed E-state index contributed by atoms with van der Waals surface area (Å²) in [6.07, 6.45) is 0.596. The fourth-order valence-corrected chi connectivity index (χ4v) is 2.83. The van der Waals surface area contributed by atoms with E-state index in [2.05, 4.69) is 0 Å². The Morgan fingerprint density at radius 2 is 1.56 bits per heavy atom. The Morgan fingerprint density at radius 3 is 2.04 bits per heavy atom. The summed E-state index contributed by atoms with van der Waals surface area (Å²) >= 11 is 0. The number of carbonyl (C=O) groups excluding carboxylic acids is 2. The lowest BCUT2D eigenvalue weighted by molar-refractivity contribution is -0.134. The van der Waals surface area contributed by atoms with E-state index in [1.165, 1.54) is 11.0 Å². The molecule has 2 amide bonds. The van der Waals surface area contributed by atoms with Gasteiger partial charge in [-0.3, -0.25) is 9.59 Å². The van der Waals surface area contributed by atoms with Gasteiger partial charge in [0.05, 0.1) is 6.04 Å². The predicted octanol–water partition coefficient (Wildman–Crippen LogP) is 2.04. The molecule has 1 aromatic carbocycles. The maximum Gasteiger partial charge on any atom is 0.259 e. The molecule has 2 rings (SSSR count). The number of hydrogen-bond donors (Lipinski definition) is 1. The second-order valence-electron chi connectivity index (χ2n) is 6.45. The summed E-state index contributed by atoms with van der Waals surface area (Å²) < 4.78 is 27.4. The highest BCUT2D eigenvalue weighted by atomic mass is 35.5. The summed E-state index contributed by atoms with van der Waals surface area (Å²) in [6.45, 7) is 5.07. The van der Waals surface area contributed by atoms with Gasteiger partial charge in [0.15, 0.2) is 0 Å². The zero-order valence-electron chi connectivity index (χ0n) is 14.4. The molecule has 0 aromatic heterocycles. The molecule has 0 spiro atoms. The number of halogens is 3. The van der Waals surface area contributed by atoms with E-state index < -0.39 is 29.1 Å². The average Bonchev–Trinajstić information content (AvgIpc) is 2.53. The van der Waals surface area contributed by atoms with Crippen LogP contribution in [-0.4, -0.2) is 53.8 Å². The van der Waals surface area contributed by atoms with Crippen molar-refractivity contribution in [1.29, 1.82) is 0 Å². The number of amides is 2. The van der Waals surface area contributed by atoms with Crippen LogP contribution in [0.15, 0.2) is 18.2 Å². The molecule has 25 heavy (non-hydrogen) atoms. The van der Waals surface area contributed by atoms with E-state index in [9.17, 15) is 18.4 Å². The number of piperazine rings is 1. The van der Waals surface area contributed by atoms with Crippen molar-refractivity contribution < 1.29 is 18.4 Å². The van der Waals surface area contributed by atoms with Crippen molar-refractivity contribution in [2.24, 2.45) is 11.7 Å². The topological polar surface area (TPSA) is 66.6 Å². The van der Waals surface area contributed by atoms with Crippen molar-refractivity contribution in [3.8, 4) is 0 Å². The summed E-state index contributed by atoms with van der Waals surface area (Å²) in [4.78, 5) is 27.5. The Labute approximate surface area is 152 Å². The first-order valence-electron chi connectivity index (χ1n) is 8.09. The number of carbonyl (C=O) groups is 2. The van der Waals surface area contributed by atoms with Crippen molar-refractivity contribution in [2.45, 2.75) is 26.3 Å². The number of rotatable bonds is 4. The first-order valence-corrected chi connectivity index (χ1v) is 8.09. The SMILES string of the molecule is CC(C)C[C@H](N)C(=O)N1CCN(C(=O)c2c(F)cccc2F)CC1.Cl. The number of benzene rings is 1. The second-order valence-corrected chi connectivity index (χ2v) is 6.45. The van der Waals surface area contributed by atoms with Gasteiger partial charge in [0, 0.05) is 26.2 Å². The van der Waals surface area contributed by atoms with Crippen LogP contribution in [0.2, 0.25) is 0 Å². The minimum absolute atomic E-state index is 0. The van der Waals surface area contributed by atoms with E-state index in [4.69, 9.17) is 5.73 Å². The third-order valence-corrected chi connectivity index (χ3v) is 4.10. The molecule has 0 saturated carbocycles. The molecule has 8 heteroatoms. The van der Waals surface area contributed by atoms with Crippen LogP contribution in [0.25, 0.3) is 0 Å². The molecule has 1 aromatic rings. The largest absolute Gasteiger partial charge is 0.338 e. The first-order chi connectivity index (χ1) is 11.3. The molecule has 1 heterocycles. The molecule has 2 N–H and O–H groups in total. The molecule has 0 aliphatic carbocycles. The molecule has 0 unspecified atom stereocenters. The van der Waals surface area contributed by atoms with Crippen molar-refractivity contribution >= 4 is 24.2 Å². The standard InChI is InChI=1S/C17H23F2N3O2.ClH/c1-11(2)10-14(20)16(23)21-6-8-22(9-7-21)17(24)15-12(18)4-3-5-13(15)19;/h3-5,11,14H,6-10,20H2,1-2H3;1H/t14-;/m0./s1. The van der Waals surface area contributed by atoms with Crippen LogP contribution in [0.5, 0.6) is 0 Å². The van der Waals surface area contributed by atoms with Gasteiger partial charge in [0.2, 0.25) is 5.91 Å². The highest BCUT2D eigenvalue weighted by Gasteiger charge is 2.29. The summed E-state index contributed by atoms with van der Waals surface area (Å²) in [5.74, 6) is -2.28. The zero-order valence-corrected chi connectivity index (χ0v) is 15.2. The molecular formula is C17H24ClF2N3O2. The quantitative estimate of drug-likeness (QED) is 0.875. The summed E-state index contributed by atoms with van der Waals surface area (Å²) in [6, 6.07) is 2.77. The first kappa shape index (κ1) is 21.3. The smallest absolute Gasteiger partial charge is 0.259 e.